The molecular formula is C11H10BrN5O3. The highest BCUT2D eigenvalue weighted by Gasteiger charge is 2.08. The Labute approximate surface area is 121 Å². The fourth-order valence-corrected chi connectivity index (χ4v) is 1.82. The number of nitrogens with one attached hydrogen (secondary N) is 1. The molecule has 8 nitrogen and oxygen atoms in total. The Morgan fingerprint density at radius 3 is 2.95 bits per heavy atom. The Hall–Kier alpha value is -2.29. The number of halogens is 1. The number of hydrogen-bond donors (Lipinski definition) is 2. The fraction of sp³-hybridized carbons (Fsp3) is 0.182. The van der Waals surface area contributed by atoms with E-state index in [4.69, 9.17) is 5.11 Å². The van der Waals surface area contributed by atoms with Gasteiger partial charge in [-0.3, -0.25) is 9.59 Å². The summed E-state index contributed by atoms with van der Waals surface area (Å²) in [7, 11) is 0. The van der Waals surface area contributed by atoms with Gasteiger partial charge >= 0.3 is 5.97 Å². The number of rotatable bonds is 5. The van der Waals surface area contributed by atoms with Crippen molar-refractivity contribution < 1.29 is 14.7 Å². The summed E-state index contributed by atoms with van der Waals surface area (Å²) < 4.78 is 1.75. The molecule has 0 unspecified atom stereocenters. The molecule has 0 aliphatic carbocycles. The standard InChI is InChI=1S/C11H10BrN5O3/c12-9-3-7(1-2-13-9)11(20)14-4-8-5-17(16-15-8)6-10(18)19/h1-3,5H,4,6H2,(H,14,20)(H,18,19). The molecule has 2 aromatic rings. The van der Waals surface area contributed by atoms with Crippen molar-refractivity contribution in [3.8, 4) is 0 Å². The molecule has 0 atom stereocenters. The number of carbonyl (C=O) groups is 2. The number of hydrogen-bond acceptors (Lipinski definition) is 5. The van der Waals surface area contributed by atoms with Gasteiger partial charge in [0.15, 0.2) is 0 Å². The highest BCUT2D eigenvalue weighted by Crippen LogP contribution is 2.08. The van der Waals surface area contributed by atoms with Crippen molar-refractivity contribution in [3.05, 3.63) is 40.4 Å². The first kappa shape index (κ1) is 14.1. The molecule has 20 heavy (non-hydrogen) atoms. The minimum absolute atomic E-state index is 0.165. The number of pyridine rings is 1. The van der Waals surface area contributed by atoms with Crippen molar-refractivity contribution in [3.63, 3.8) is 0 Å². The molecule has 104 valence electrons. The van der Waals surface area contributed by atoms with Crippen LogP contribution in [0.5, 0.6) is 0 Å². The summed E-state index contributed by atoms with van der Waals surface area (Å²) in [6.07, 6.45) is 2.99. The van der Waals surface area contributed by atoms with Crippen LogP contribution in [0.3, 0.4) is 0 Å². The quantitative estimate of drug-likeness (QED) is 0.765. The third kappa shape index (κ3) is 3.85. The van der Waals surface area contributed by atoms with E-state index < -0.39 is 5.97 Å². The summed E-state index contributed by atoms with van der Waals surface area (Å²) in [5, 5.41) is 18.7. The molecule has 2 N–H and O–H groups in total. The van der Waals surface area contributed by atoms with Crippen molar-refractivity contribution >= 4 is 27.8 Å². The lowest BCUT2D eigenvalue weighted by atomic mass is 10.2. The Balaban J connectivity index is 1.93. The lowest BCUT2D eigenvalue weighted by Gasteiger charge is -2.02. The van der Waals surface area contributed by atoms with Gasteiger partial charge in [0, 0.05) is 11.8 Å². The largest absolute Gasteiger partial charge is 0.480 e. The fourth-order valence-electron chi connectivity index (χ4n) is 1.45. The van der Waals surface area contributed by atoms with E-state index in [9.17, 15) is 9.59 Å². The second kappa shape index (κ2) is 6.24. The number of amides is 1. The van der Waals surface area contributed by atoms with Gasteiger partial charge in [0.05, 0.1) is 12.7 Å². The van der Waals surface area contributed by atoms with Gasteiger partial charge < -0.3 is 10.4 Å². The minimum atomic E-state index is -1.01. The number of carbonyl (C=O) groups excluding carboxylic acids is 1. The molecule has 0 saturated heterocycles. The van der Waals surface area contributed by atoms with Crippen molar-refractivity contribution in [2.75, 3.05) is 0 Å². The molecule has 0 radical (unpaired) electrons. The summed E-state index contributed by atoms with van der Waals surface area (Å²) in [4.78, 5) is 26.3. The molecule has 0 aliphatic heterocycles. The van der Waals surface area contributed by atoms with E-state index in [0.717, 1.165) is 0 Å². The monoisotopic (exact) mass is 339 g/mol. The van der Waals surface area contributed by atoms with E-state index in [1.807, 2.05) is 0 Å². The molecule has 0 saturated carbocycles. The maximum Gasteiger partial charge on any atom is 0.325 e. The van der Waals surface area contributed by atoms with E-state index >= 15 is 0 Å². The Morgan fingerprint density at radius 2 is 2.25 bits per heavy atom. The van der Waals surface area contributed by atoms with Crippen LogP contribution in [-0.2, 0) is 17.9 Å². The van der Waals surface area contributed by atoms with Gasteiger partial charge in [-0.15, -0.1) is 5.10 Å². The third-order valence-electron chi connectivity index (χ3n) is 2.30. The molecule has 2 aromatic heterocycles. The maximum absolute atomic E-state index is 11.8. The maximum atomic E-state index is 11.8. The number of carboxylic acid groups (broad SMARTS) is 1. The van der Waals surface area contributed by atoms with Crippen LogP contribution in [0.4, 0.5) is 0 Å². The normalized spacial score (nSPS) is 10.2. The van der Waals surface area contributed by atoms with Crippen LogP contribution in [-0.4, -0.2) is 37.0 Å². The lowest BCUT2D eigenvalue weighted by Crippen LogP contribution is -2.23. The molecule has 2 rings (SSSR count). The van der Waals surface area contributed by atoms with Gasteiger partial charge in [0.25, 0.3) is 5.91 Å². The average Bonchev–Trinajstić information content (AvgIpc) is 2.82. The van der Waals surface area contributed by atoms with E-state index in [-0.39, 0.29) is 19.0 Å². The second-order valence-electron chi connectivity index (χ2n) is 3.85. The van der Waals surface area contributed by atoms with Crippen LogP contribution >= 0.6 is 15.9 Å². The molecule has 9 heteroatoms. The first-order chi connectivity index (χ1) is 9.54. The van der Waals surface area contributed by atoms with Crippen molar-refractivity contribution in [1.29, 1.82) is 0 Å². The highest BCUT2D eigenvalue weighted by atomic mass is 79.9. The Morgan fingerprint density at radius 1 is 1.45 bits per heavy atom. The summed E-state index contributed by atoms with van der Waals surface area (Å²) >= 11 is 3.18. The summed E-state index contributed by atoms with van der Waals surface area (Å²) in [6, 6.07) is 3.18. The summed E-state index contributed by atoms with van der Waals surface area (Å²) in [5.41, 5.74) is 0.942. The van der Waals surface area contributed by atoms with E-state index in [1.54, 1.807) is 12.1 Å². The molecule has 2 heterocycles. The van der Waals surface area contributed by atoms with E-state index in [1.165, 1.54) is 17.1 Å². The molecule has 0 aliphatic rings. The minimum Gasteiger partial charge on any atom is -0.480 e. The number of aliphatic carboxylic acids is 1. The van der Waals surface area contributed by atoms with Crippen LogP contribution in [0.1, 0.15) is 16.1 Å². The van der Waals surface area contributed by atoms with Gasteiger partial charge in [-0.05, 0) is 28.1 Å². The number of aromatic nitrogens is 4. The zero-order valence-corrected chi connectivity index (χ0v) is 11.7. The number of nitrogens with zero attached hydrogens (tertiary/aromatic N) is 4. The second-order valence-corrected chi connectivity index (χ2v) is 4.66. The first-order valence-electron chi connectivity index (χ1n) is 5.55. The summed E-state index contributed by atoms with van der Waals surface area (Å²) in [6.45, 7) is -0.101. The first-order valence-corrected chi connectivity index (χ1v) is 6.34. The molecule has 0 aromatic carbocycles. The predicted octanol–water partition coefficient (Wildman–Crippen LogP) is 0.450. The van der Waals surface area contributed by atoms with E-state index in [2.05, 4.69) is 36.5 Å². The Bertz CT molecular complexity index is 642. The van der Waals surface area contributed by atoms with Gasteiger partial charge in [-0.25, -0.2) is 9.67 Å². The molecular weight excluding hydrogens is 330 g/mol. The van der Waals surface area contributed by atoms with Crippen LogP contribution in [0, 0.1) is 0 Å². The third-order valence-corrected chi connectivity index (χ3v) is 2.74. The predicted molar refractivity (Wildman–Crippen MR) is 70.8 cm³/mol. The van der Waals surface area contributed by atoms with Gasteiger partial charge in [-0.2, -0.15) is 0 Å². The smallest absolute Gasteiger partial charge is 0.325 e. The average molecular weight is 340 g/mol. The zero-order chi connectivity index (χ0) is 14.5. The van der Waals surface area contributed by atoms with Crippen molar-refractivity contribution in [1.82, 2.24) is 25.3 Å². The van der Waals surface area contributed by atoms with Gasteiger partial charge in [-0.1, -0.05) is 5.21 Å². The topological polar surface area (TPSA) is 110 Å². The Kier molecular flexibility index (Phi) is 4.41. The molecule has 0 spiro atoms. The molecule has 0 fully saturated rings. The molecule has 0 bridgehead atoms. The van der Waals surface area contributed by atoms with Gasteiger partial charge in [0.2, 0.25) is 0 Å². The zero-order valence-electron chi connectivity index (χ0n) is 10.2. The SMILES string of the molecule is O=C(O)Cn1cc(CNC(=O)c2ccnc(Br)c2)nn1. The van der Waals surface area contributed by atoms with E-state index in [0.29, 0.717) is 15.9 Å². The lowest BCUT2D eigenvalue weighted by molar-refractivity contribution is -0.137. The number of carboxylic acids is 1. The van der Waals surface area contributed by atoms with Crippen LogP contribution in [0.2, 0.25) is 0 Å². The van der Waals surface area contributed by atoms with Crippen molar-refractivity contribution in [2.24, 2.45) is 0 Å². The van der Waals surface area contributed by atoms with Crippen molar-refractivity contribution in [2.45, 2.75) is 13.1 Å². The van der Waals surface area contributed by atoms with Crippen LogP contribution in [0.15, 0.2) is 29.1 Å². The highest BCUT2D eigenvalue weighted by molar-refractivity contribution is 9.10. The van der Waals surface area contributed by atoms with Crippen LogP contribution < -0.4 is 5.32 Å². The molecule has 1 amide bonds. The van der Waals surface area contributed by atoms with Crippen LogP contribution in [0.25, 0.3) is 0 Å². The summed E-state index contributed by atoms with van der Waals surface area (Å²) in [5.74, 6) is -1.28. The van der Waals surface area contributed by atoms with Gasteiger partial charge in [0.1, 0.15) is 16.8 Å².